The number of nitrogens with one attached hydrogen (secondary N) is 1. The summed E-state index contributed by atoms with van der Waals surface area (Å²) in [5.74, 6) is -1.05. The van der Waals surface area contributed by atoms with Crippen LogP contribution in [0, 0.1) is 5.82 Å². The molecule has 0 radical (unpaired) electrons. The van der Waals surface area contributed by atoms with Crippen LogP contribution < -0.4 is 10.5 Å². The van der Waals surface area contributed by atoms with E-state index < -0.39 is 20.7 Å². The highest BCUT2D eigenvalue weighted by Gasteiger charge is 2.22. The molecule has 0 amide bonds. The first-order chi connectivity index (χ1) is 9.70. The second kappa shape index (κ2) is 6.12. The third kappa shape index (κ3) is 3.68. The van der Waals surface area contributed by atoms with Gasteiger partial charge in [-0.15, -0.1) is 0 Å². The van der Waals surface area contributed by atoms with Crippen molar-refractivity contribution in [2.24, 2.45) is 0 Å². The van der Waals surface area contributed by atoms with Crippen LogP contribution >= 0.6 is 43.5 Å². The number of sulfonamides is 1. The minimum Gasteiger partial charge on any atom is -0.399 e. The van der Waals surface area contributed by atoms with E-state index in [0.717, 1.165) is 16.6 Å². The highest BCUT2D eigenvalue weighted by atomic mass is 79.9. The summed E-state index contributed by atoms with van der Waals surface area (Å²) >= 11 is 12.1. The molecule has 0 aliphatic rings. The van der Waals surface area contributed by atoms with E-state index in [-0.39, 0.29) is 16.4 Å². The Labute approximate surface area is 142 Å². The Bertz CT molecular complexity index is 815. The second-order valence-corrected chi connectivity index (χ2v) is 7.87. The Kier molecular flexibility index (Phi) is 4.82. The molecule has 0 heterocycles. The summed E-state index contributed by atoms with van der Waals surface area (Å²) in [5.41, 5.74) is 5.82. The number of rotatable bonds is 3. The number of benzene rings is 2. The second-order valence-electron chi connectivity index (χ2n) is 4.04. The molecular formula is C12H8Br2ClFN2O2S. The Morgan fingerprint density at radius 1 is 1.19 bits per heavy atom. The van der Waals surface area contributed by atoms with Gasteiger partial charge >= 0.3 is 0 Å². The van der Waals surface area contributed by atoms with Crippen molar-refractivity contribution in [3.63, 3.8) is 0 Å². The summed E-state index contributed by atoms with van der Waals surface area (Å²) in [6.07, 6.45) is 0. The molecule has 112 valence electrons. The van der Waals surface area contributed by atoms with Crippen molar-refractivity contribution in [1.29, 1.82) is 0 Å². The van der Waals surface area contributed by atoms with Gasteiger partial charge in [-0.05, 0) is 46.3 Å². The van der Waals surface area contributed by atoms with Crippen LogP contribution in [-0.4, -0.2) is 8.42 Å². The van der Waals surface area contributed by atoms with Crippen LogP contribution in [0.2, 0.25) is 5.02 Å². The monoisotopic (exact) mass is 456 g/mol. The molecule has 2 aromatic carbocycles. The minimum absolute atomic E-state index is 0.0525. The lowest BCUT2D eigenvalue weighted by Gasteiger charge is -2.12. The van der Waals surface area contributed by atoms with Crippen LogP contribution in [0.4, 0.5) is 15.8 Å². The van der Waals surface area contributed by atoms with Gasteiger partial charge in [-0.3, -0.25) is 4.72 Å². The molecule has 0 saturated heterocycles. The molecule has 0 spiro atoms. The largest absolute Gasteiger partial charge is 0.399 e. The van der Waals surface area contributed by atoms with Crippen LogP contribution in [0.3, 0.4) is 0 Å². The van der Waals surface area contributed by atoms with Crippen molar-refractivity contribution in [2.45, 2.75) is 4.90 Å². The van der Waals surface area contributed by atoms with E-state index in [0.29, 0.717) is 4.47 Å². The summed E-state index contributed by atoms with van der Waals surface area (Å²) in [7, 11) is -4.16. The average molecular weight is 459 g/mol. The first-order valence-electron chi connectivity index (χ1n) is 5.43. The van der Waals surface area contributed by atoms with E-state index in [1.165, 1.54) is 6.07 Å². The maximum absolute atomic E-state index is 13.9. The quantitative estimate of drug-likeness (QED) is 0.671. The number of anilines is 2. The van der Waals surface area contributed by atoms with Crippen LogP contribution in [0.5, 0.6) is 0 Å². The zero-order valence-corrected chi connectivity index (χ0v) is 14.9. The number of nitrogen functional groups attached to an aromatic ring is 1. The molecule has 3 N–H and O–H groups in total. The maximum Gasteiger partial charge on any atom is 0.264 e. The molecule has 9 heteroatoms. The van der Waals surface area contributed by atoms with E-state index >= 15 is 0 Å². The van der Waals surface area contributed by atoms with Crippen LogP contribution in [0.25, 0.3) is 0 Å². The van der Waals surface area contributed by atoms with Crippen molar-refractivity contribution >= 4 is 64.9 Å². The van der Waals surface area contributed by atoms with Crippen molar-refractivity contribution < 1.29 is 12.8 Å². The molecule has 21 heavy (non-hydrogen) atoms. The third-order valence-corrected chi connectivity index (χ3v) is 5.27. The van der Waals surface area contributed by atoms with E-state index in [9.17, 15) is 12.8 Å². The first kappa shape index (κ1) is 16.5. The SMILES string of the molecule is Nc1cc(Cl)c(F)c(S(=O)(=O)Nc2ccc(Br)cc2Br)c1. The van der Waals surface area contributed by atoms with Crippen molar-refractivity contribution in [3.8, 4) is 0 Å². The summed E-state index contributed by atoms with van der Waals surface area (Å²) in [4.78, 5) is -0.609. The molecule has 0 aromatic heterocycles. The van der Waals surface area contributed by atoms with Crippen LogP contribution in [-0.2, 0) is 10.0 Å². The number of hydrogen-bond donors (Lipinski definition) is 2. The molecule has 4 nitrogen and oxygen atoms in total. The van der Waals surface area contributed by atoms with Gasteiger partial charge in [-0.2, -0.15) is 0 Å². The maximum atomic E-state index is 13.9. The molecule has 2 rings (SSSR count). The van der Waals surface area contributed by atoms with Gasteiger partial charge in [0.2, 0.25) is 0 Å². The summed E-state index contributed by atoms with van der Waals surface area (Å²) in [6.45, 7) is 0. The molecule has 0 bridgehead atoms. The Morgan fingerprint density at radius 3 is 2.48 bits per heavy atom. The predicted octanol–water partition coefficient (Wildman–Crippen LogP) is 4.39. The van der Waals surface area contributed by atoms with Gasteiger partial charge in [0.05, 0.1) is 10.7 Å². The molecule has 0 atom stereocenters. The van der Waals surface area contributed by atoms with E-state index in [1.54, 1.807) is 12.1 Å². The number of halogens is 4. The van der Waals surface area contributed by atoms with Crippen LogP contribution in [0.1, 0.15) is 0 Å². The molecule has 0 aliphatic heterocycles. The fourth-order valence-corrected chi connectivity index (χ4v) is 4.33. The predicted molar refractivity (Wildman–Crippen MR) is 88.5 cm³/mol. The highest BCUT2D eigenvalue weighted by molar-refractivity contribution is 9.11. The fraction of sp³-hybridized carbons (Fsp3) is 0. The highest BCUT2D eigenvalue weighted by Crippen LogP contribution is 2.31. The van der Waals surface area contributed by atoms with E-state index in [4.69, 9.17) is 17.3 Å². The Morgan fingerprint density at radius 2 is 1.86 bits per heavy atom. The smallest absolute Gasteiger partial charge is 0.264 e. The number of hydrogen-bond acceptors (Lipinski definition) is 3. The topological polar surface area (TPSA) is 72.2 Å². The lowest BCUT2D eigenvalue weighted by atomic mass is 10.3. The van der Waals surface area contributed by atoms with Gasteiger partial charge in [-0.25, -0.2) is 12.8 Å². The van der Waals surface area contributed by atoms with Gasteiger partial charge in [0.15, 0.2) is 5.82 Å². The van der Waals surface area contributed by atoms with Crippen LogP contribution in [0.15, 0.2) is 44.2 Å². The third-order valence-electron chi connectivity index (χ3n) is 2.48. The molecule has 0 aliphatic carbocycles. The molecule has 2 aromatic rings. The lowest BCUT2D eigenvalue weighted by Crippen LogP contribution is -2.15. The van der Waals surface area contributed by atoms with Crippen molar-refractivity contribution in [3.05, 3.63) is 50.1 Å². The standard InChI is InChI=1S/C12H8Br2ClFN2O2S/c13-6-1-2-10(8(14)3-6)18-21(19,20)11-5-7(17)4-9(15)12(11)16/h1-5,18H,17H2. The van der Waals surface area contributed by atoms with Crippen molar-refractivity contribution in [2.75, 3.05) is 10.5 Å². The van der Waals surface area contributed by atoms with E-state index in [1.807, 2.05) is 0 Å². The van der Waals surface area contributed by atoms with Gasteiger partial charge in [0, 0.05) is 14.6 Å². The summed E-state index contributed by atoms with van der Waals surface area (Å²) < 4.78 is 42.0. The molecule has 0 fully saturated rings. The first-order valence-corrected chi connectivity index (χ1v) is 8.88. The van der Waals surface area contributed by atoms with Gasteiger partial charge in [0.25, 0.3) is 10.0 Å². The zero-order valence-electron chi connectivity index (χ0n) is 10.2. The molecule has 0 unspecified atom stereocenters. The molecule has 0 saturated carbocycles. The minimum atomic E-state index is -4.16. The van der Waals surface area contributed by atoms with Crippen molar-refractivity contribution in [1.82, 2.24) is 0 Å². The Hall–Kier alpha value is -0.830. The number of nitrogens with two attached hydrogens (primary N) is 1. The average Bonchev–Trinajstić information content (AvgIpc) is 2.37. The van der Waals surface area contributed by atoms with Gasteiger partial charge < -0.3 is 5.73 Å². The fourth-order valence-electron chi connectivity index (χ4n) is 1.55. The summed E-state index contributed by atoms with van der Waals surface area (Å²) in [6, 6.07) is 6.98. The van der Waals surface area contributed by atoms with Gasteiger partial charge in [0.1, 0.15) is 4.90 Å². The van der Waals surface area contributed by atoms with Gasteiger partial charge in [-0.1, -0.05) is 27.5 Å². The molecular weight excluding hydrogens is 450 g/mol. The lowest BCUT2D eigenvalue weighted by molar-refractivity contribution is 0.571. The Balaban J connectivity index is 2.48. The van der Waals surface area contributed by atoms with E-state index in [2.05, 4.69) is 36.6 Å². The zero-order chi connectivity index (χ0) is 15.8. The normalized spacial score (nSPS) is 11.4. The summed E-state index contributed by atoms with van der Waals surface area (Å²) in [5, 5.41) is -0.356.